The van der Waals surface area contributed by atoms with Crippen LogP contribution in [0, 0.1) is 10.1 Å². The lowest BCUT2D eigenvalue weighted by Crippen LogP contribution is -1.95. The van der Waals surface area contributed by atoms with Crippen molar-refractivity contribution in [1.29, 1.82) is 0 Å². The Hall–Kier alpha value is -1.75. The Balaban J connectivity index is 2.77. The number of nitro benzene ring substituents is 1. The molecule has 0 atom stereocenters. The molecule has 0 saturated heterocycles. The van der Waals surface area contributed by atoms with Crippen LogP contribution in [-0.4, -0.2) is 16.6 Å². The third kappa shape index (κ3) is 3.78. The molecule has 0 amide bonds. The van der Waals surface area contributed by atoms with Gasteiger partial charge in [-0.05, 0) is 30.8 Å². The molecule has 0 bridgehead atoms. The molecule has 0 aliphatic carbocycles. The molecule has 1 rings (SSSR count). The molecule has 0 fully saturated rings. The zero-order chi connectivity index (χ0) is 12.0. The molecule has 0 saturated carbocycles. The van der Waals surface area contributed by atoms with Crippen LogP contribution in [0.3, 0.4) is 0 Å². The van der Waals surface area contributed by atoms with Crippen molar-refractivity contribution in [1.82, 2.24) is 0 Å². The third-order valence-electron chi connectivity index (χ3n) is 1.78. The lowest BCUT2D eigenvalue weighted by molar-refractivity contribution is -0.384. The van der Waals surface area contributed by atoms with Crippen molar-refractivity contribution in [2.24, 2.45) is 0 Å². The Bertz CT molecular complexity index is 429. The number of nitro groups is 1. The molecular formula is C11H11NO3S. The first-order valence-corrected chi connectivity index (χ1v) is 5.13. The van der Waals surface area contributed by atoms with Gasteiger partial charge >= 0.3 is 0 Å². The second-order valence-corrected chi connectivity index (χ2v) is 3.34. The Morgan fingerprint density at radius 1 is 1.62 bits per heavy atom. The standard InChI is InChI=1S/C11H11NO3S/c1-2-15-11(16)7-6-9-4-3-5-10(8-9)12(13)14/h3-8H,2H2,1H3/b7-6+. The predicted molar refractivity (Wildman–Crippen MR) is 66.4 cm³/mol. The van der Waals surface area contributed by atoms with Gasteiger partial charge in [0.2, 0.25) is 0 Å². The molecule has 16 heavy (non-hydrogen) atoms. The molecule has 0 unspecified atom stereocenters. The minimum atomic E-state index is -0.432. The molecule has 0 N–H and O–H groups in total. The zero-order valence-corrected chi connectivity index (χ0v) is 9.57. The molecule has 84 valence electrons. The molecule has 5 heteroatoms. The van der Waals surface area contributed by atoms with E-state index in [0.29, 0.717) is 11.7 Å². The van der Waals surface area contributed by atoms with Gasteiger partial charge < -0.3 is 4.74 Å². The summed E-state index contributed by atoms with van der Waals surface area (Å²) in [7, 11) is 0. The minimum absolute atomic E-state index is 0.0597. The molecule has 0 heterocycles. The van der Waals surface area contributed by atoms with E-state index in [2.05, 4.69) is 0 Å². The maximum atomic E-state index is 10.5. The average Bonchev–Trinajstić information content (AvgIpc) is 2.27. The molecular weight excluding hydrogens is 226 g/mol. The first kappa shape index (κ1) is 12.3. The number of thiocarbonyl (C=S) groups is 1. The summed E-state index contributed by atoms with van der Waals surface area (Å²) in [5, 5.41) is 10.9. The number of non-ortho nitro benzene ring substituents is 1. The summed E-state index contributed by atoms with van der Waals surface area (Å²) in [6.07, 6.45) is 3.29. The molecule has 1 aromatic rings. The van der Waals surface area contributed by atoms with Crippen LogP contribution < -0.4 is 0 Å². The smallest absolute Gasteiger partial charge is 0.270 e. The van der Waals surface area contributed by atoms with Gasteiger partial charge in [0.15, 0.2) is 5.05 Å². The summed E-state index contributed by atoms with van der Waals surface area (Å²) < 4.78 is 5.05. The summed E-state index contributed by atoms with van der Waals surface area (Å²) in [5.74, 6) is 0. The minimum Gasteiger partial charge on any atom is -0.484 e. The summed E-state index contributed by atoms with van der Waals surface area (Å²) in [5.41, 5.74) is 0.778. The number of hydrogen-bond donors (Lipinski definition) is 0. The van der Waals surface area contributed by atoms with E-state index in [9.17, 15) is 10.1 Å². The first-order chi connectivity index (χ1) is 7.63. The highest BCUT2D eigenvalue weighted by atomic mass is 32.1. The molecule has 0 aliphatic heterocycles. The lowest BCUT2D eigenvalue weighted by atomic mass is 10.2. The Morgan fingerprint density at radius 2 is 2.38 bits per heavy atom. The van der Waals surface area contributed by atoms with E-state index in [1.807, 2.05) is 6.92 Å². The average molecular weight is 237 g/mol. The molecule has 1 aromatic carbocycles. The van der Waals surface area contributed by atoms with Crippen LogP contribution in [0.1, 0.15) is 12.5 Å². The van der Waals surface area contributed by atoms with E-state index in [1.54, 1.807) is 24.3 Å². The van der Waals surface area contributed by atoms with Crippen molar-refractivity contribution >= 4 is 29.0 Å². The highest BCUT2D eigenvalue weighted by molar-refractivity contribution is 7.80. The van der Waals surface area contributed by atoms with Gasteiger partial charge in [-0.15, -0.1) is 0 Å². The summed E-state index contributed by atoms with van der Waals surface area (Å²) in [6, 6.07) is 6.31. The fraction of sp³-hybridized carbons (Fsp3) is 0.182. The number of hydrogen-bond acceptors (Lipinski definition) is 4. The van der Waals surface area contributed by atoms with Crippen LogP contribution in [0.5, 0.6) is 0 Å². The molecule has 0 radical (unpaired) electrons. The van der Waals surface area contributed by atoms with Crippen molar-refractivity contribution in [3.05, 3.63) is 46.0 Å². The molecule has 0 spiro atoms. The van der Waals surface area contributed by atoms with Crippen molar-refractivity contribution in [2.75, 3.05) is 6.61 Å². The summed E-state index contributed by atoms with van der Waals surface area (Å²) >= 11 is 4.89. The quantitative estimate of drug-likeness (QED) is 0.349. The van der Waals surface area contributed by atoms with Gasteiger partial charge in [-0.3, -0.25) is 10.1 Å². The first-order valence-electron chi connectivity index (χ1n) is 4.72. The van der Waals surface area contributed by atoms with Crippen molar-refractivity contribution in [3.63, 3.8) is 0 Å². The van der Waals surface area contributed by atoms with Crippen LogP contribution in [0.15, 0.2) is 30.3 Å². The van der Waals surface area contributed by atoms with Crippen molar-refractivity contribution < 1.29 is 9.66 Å². The fourth-order valence-corrected chi connectivity index (χ4v) is 1.28. The van der Waals surface area contributed by atoms with Gasteiger partial charge in [0, 0.05) is 12.1 Å². The van der Waals surface area contributed by atoms with E-state index < -0.39 is 4.92 Å². The molecule has 4 nitrogen and oxygen atoms in total. The fourth-order valence-electron chi connectivity index (χ4n) is 1.10. The van der Waals surface area contributed by atoms with Gasteiger partial charge in [-0.25, -0.2) is 0 Å². The van der Waals surface area contributed by atoms with Gasteiger partial charge in [0.25, 0.3) is 5.69 Å². The topological polar surface area (TPSA) is 52.4 Å². The second kappa shape index (κ2) is 5.97. The number of ether oxygens (including phenoxy) is 1. The van der Waals surface area contributed by atoms with Crippen LogP contribution in [0.25, 0.3) is 6.08 Å². The maximum absolute atomic E-state index is 10.5. The highest BCUT2D eigenvalue weighted by Gasteiger charge is 2.03. The van der Waals surface area contributed by atoms with E-state index in [4.69, 9.17) is 17.0 Å². The number of benzene rings is 1. The summed E-state index contributed by atoms with van der Waals surface area (Å²) in [4.78, 5) is 10.1. The van der Waals surface area contributed by atoms with E-state index in [0.717, 1.165) is 5.56 Å². The van der Waals surface area contributed by atoms with E-state index in [1.165, 1.54) is 12.1 Å². The largest absolute Gasteiger partial charge is 0.484 e. The molecule has 0 aliphatic rings. The lowest BCUT2D eigenvalue weighted by Gasteiger charge is -1.98. The summed E-state index contributed by atoms with van der Waals surface area (Å²) in [6.45, 7) is 2.35. The second-order valence-electron chi connectivity index (χ2n) is 2.94. The number of rotatable bonds is 4. The Labute approximate surface area is 98.7 Å². The van der Waals surface area contributed by atoms with Gasteiger partial charge in [0.05, 0.1) is 11.5 Å². The Morgan fingerprint density at radius 3 is 3.00 bits per heavy atom. The van der Waals surface area contributed by atoms with E-state index >= 15 is 0 Å². The molecule has 0 aromatic heterocycles. The highest BCUT2D eigenvalue weighted by Crippen LogP contribution is 2.14. The normalized spacial score (nSPS) is 10.3. The SMILES string of the molecule is CCOC(=S)/C=C/c1cccc([N+](=O)[O-])c1. The van der Waals surface area contributed by atoms with Gasteiger partial charge in [-0.2, -0.15) is 0 Å². The van der Waals surface area contributed by atoms with E-state index in [-0.39, 0.29) is 5.69 Å². The Kier molecular flexibility index (Phi) is 4.60. The number of nitrogens with zero attached hydrogens (tertiary/aromatic N) is 1. The predicted octanol–water partition coefficient (Wildman–Crippen LogP) is 2.97. The monoisotopic (exact) mass is 237 g/mol. The van der Waals surface area contributed by atoms with Crippen LogP contribution in [0.4, 0.5) is 5.69 Å². The van der Waals surface area contributed by atoms with Crippen molar-refractivity contribution in [2.45, 2.75) is 6.92 Å². The van der Waals surface area contributed by atoms with Crippen LogP contribution in [0.2, 0.25) is 0 Å². The van der Waals surface area contributed by atoms with Gasteiger partial charge in [-0.1, -0.05) is 18.2 Å². The zero-order valence-electron chi connectivity index (χ0n) is 8.75. The maximum Gasteiger partial charge on any atom is 0.270 e. The third-order valence-corrected chi connectivity index (χ3v) is 2.03. The van der Waals surface area contributed by atoms with Crippen LogP contribution >= 0.6 is 12.2 Å². The van der Waals surface area contributed by atoms with Gasteiger partial charge in [0.1, 0.15) is 0 Å². The van der Waals surface area contributed by atoms with Crippen molar-refractivity contribution in [3.8, 4) is 0 Å². The van der Waals surface area contributed by atoms with Crippen LogP contribution in [-0.2, 0) is 4.74 Å².